The van der Waals surface area contributed by atoms with E-state index in [4.69, 9.17) is 9.47 Å². The van der Waals surface area contributed by atoms with E-state index in [2.05, 4.69) is 0 Å². The molecule has 2 N–H and O–H groups in total. The van der Waals surface area contributed by atoms with Crippen molar-refractivity contribution in [1.82, 2.24) is 0 Å². The molecule has 1 aromatic carbocycles. The maximum atomic E-state index is 9.73. The average molecular weight is 262 g/mol. The monoisotopic (exact) mass is 262 g/mol. The summed E-state index contributed by atoms with van der Waals surface area (Å²) in [5.41, 5.74) is 1.11. The summed E-state index contributed by atoms with van der Waals surface area (Å²) < 4.78 is 11.9. The number of ether oxygens (including phenoxy) is 2. The van der Waals surface area contributed by atoms with E-state index in [1.807, 2.05) is 12.1 Å². The van der Waals surface area contributed by atoms with E-state index in [-0.39, 0.29) is 5.72 Å². The van der Waals surface area contributed by atoms with E-state index < -0.39 is 0 Å². The third-order valence-electron chi connectivity index (χ3n) is 4.96. The van der Waals surface area contributed by atoms with Crippen LogP contribution in [0.3, 0.4) is 0 Å². The lowest BCUT2D eigenvalue weighted by molar-refractivity contribution is -0.980. The Kier molecular flexibility index (Phi) is 2.50. The predicted octanol–water partition coefficient (Wildman–Crippen LogP) is 0.663. The summed E-state index contributed by atoms with van der Waals surface area (Å²) in [6.07, 6.45) is 3.49. The SMILES string of the molecule is Oc1ccc2c(c1)[C@@H]1CCC[C@]1([NH+]1CCOCC1)O2. The van der Waals surface area contributed by atoms with E-state index >= 15 is 0 Å². The second-order valence-electron chi connectivity index (χ2n) is 5.87. The fourth-order valence-corrected chi connectivity index (χ4v) is 4.14. The van der Waals surface area contributed by atoms with Gasteiger partial charge >= 0.3 is 0 Å². The molecule has 0 amide bonds. The Labute approximate surface area is 112 Å². The molecule has 3 aliphatic rings. The normalized spacial score (nSPS) is 33.8. The first kappa shape index (κ1) is 11.6. The number of morpholine rings is 1. The fourth-order valence-electron chi connectivity index (χ4n) is 4.14. The van der Waals surface area contributed by atoms with E-state index in [1.165, 1.54) is 23.3 Å². The van der Waals surface area contributed by atoms with Crippen LogP contribution in [-0.2, 0) is 4.74 Å². The van der Waals surface area contributed by atoms with Crippen LogP contribution >= 0.6 is 0 Å². The minimum atomic E-state index is -0.0973. The summed E-state index contributed by atoms with van der Waals surface area (Å²) in [7, 11) is 0. The highest BCUT2D eigenvalue weighted by Crippen LogP contribution is 2.51. The molecule has 1 saturated heterocycles. The Morgan fingerprint density at radius 3 is 2.95 bits per heavy atom. The number of quaternary nitrogens is 1. The van der Waals surface area contributed by atoms with E-state index in [0.717, 1.165) is 38.5 Å². The van der Waals surface area contributed by atoms with Crippen molar-refractivity contribution in [1.29, 1.82) is 0 Å². The smallest absolute Gasteiger partial charge is 0.248 e. The van der Waals surface area contributed by atoms with Crippen molar-refractivity contribution in [3.63, 3.8) is 0 Å². The van der Waals surface area contributed by atoms with Gasteiger partial charge in [-0.25, -0.2) is 0 Å². The van der Waals surface area contributed by atoms with Crippen molar-refractivity contribution >= 4 is 0 Å². The summed E-state index contributed by atoms with van der Waals surface area (Å²) in [6, 6.07) is 5.54. The Hall–Kier alpha value is -1.26. The molecular formula is C15H20NO3+. The van der Waals surface area contributed by atoms with Crippen molar-refractivity contribution in [2.24, 2.45) is 0 Å². The summed E-state index contributed by atoms with van der Waals surface area (Å²) in [4.78, 5) is 1.52. The van der Waals surface area contributed by atoms with Crippen LogP contribution in [0.2, 0.25) is 0 Å². The first-order valence-electron chi connectivity index (χ1n) is 7.24. The van der Waals surface area contributed by atoms with Gasteiger partial charge in [0.2, 0.25) is 5.72 Å². The molecule has 2 atom stereocenters. The lowest BCUT2D eigenvalue weighted by Gasteiger charge is -2.39. The van der Waals surface area contributed by atoms with E-state index in [9.17, 15) is 5.11 Å². The van der Waals surface area contributed by atoms with Gasteiger partial charge in [-0.05, 0) is 31.0 Å². The third kappa shape index (κ3) is 1.60. The van der Waals surface area contributed by atoms with Crippen LogP contribution < -0.4 is 9.64 Å². The molecule has 0 radical (unpaired) electrons. The molecule has 1 saturated carbocycles. The molecule has 4 heteroatoms. The van der Waals surface area contributed by atoms with Gasteiger partial charge in [0.15, 0.2) is 0 Å². The lowest BCUT2D eigenvalue weighted by atomic mass is 9.92. The van der Waals surface area contributed by atoms with Crippen LogP contribution in [-0.4, -0.2) is 37.1 Å². The number of phenols is 1. The summed E-state index contributed by atoms with van der Waals surface area (Å²) in [6.45, 7) is 3.70. The second kappa shape index (κ2) is 4.12. The zero-order valence-electron chi connectivity index (χ0n) is 11.0. The fraction of sp³-hybridized carbons (Fsp3) is 0.600. The first-order valence-corrected chi connectivity index (χ1v) is 7.24. The van der Waals surface area contributed by atoms with Gasteiger partial charge in [-0.3, -0.25) is 4.90 Å². The standard InChI is InChI=1S/C15H19NO3/c17-11-3-4-14-12(10-11)13-2-1-5-15(13,19-14)16-6-8-18-9-7-16/h3-4,10,13,17H,1-2,5-9H2/p+1/t13-,15-/m0/s1. The van der Waals surface area contributed by atoms with Crippen LogP contribution in [0.1, 0.15) is 30.7 Å². The molecule has 2 fully saturated rings. The van der Waals surface area contributed by atoms with Crippen molar-refractivity contribution in [3.8, 4) is 11.5 Å². The van der Waals surface area contributed by atoms with E-state index in [1.54, 1.807) is 6.07 Å². The largest absolute Gasteiger partial charge is 0.508 e. The molecule has 0 bridgehead atoms. The van der Waals surface area contributed by atoms with Gasteiger partial charge in [-0.15, -0.1) is 0 Å². The molecule has 4 rings (SSSR count). The zero-order chi connectivity index (χ0) is 12.9. The van der Waals surface area contributed by atoms with Crippen LogP contribution in [0.4, 0.5) is 0 Å². The van der Waals surface area contributed by atoms with Crippen molar-refractivity contribution in [2.45, 2.75) is 30.9 Å². The van der Waals surface area contributed by atoms with Crippen LogP contribution in [0.5, 0.6) is 11.5 Å². The molecule has 2 heterocycles. The molecule has 1 aromatic rings. The Morgan fingerprint density at radius 2 is 2.11 bits per heavy atom. The van der Waals surface area contributed by atoms with Crippen LogP contribution in [0.25, 0.3) is 0 Å². The number of hydrogen-bond donors (Lipinski definition) is 2. The van der Waals surface area contributed by atoms with Gasteiger partial charge in [0.25, 0.3) is 0 Å². The molecule has 19 heavy (non-hydrogen) atoms. The van der Waals surface area contributed by atoms with Crippen molar-refractivity contribution in [3.05, 3.63) is 23.8 Å². The van der Waals surface area contributed by atoms with Gasteiger partial charge in [0, 0.05) is 12.0 Å². The Morgan fingerprint density at radius 1 is 1.26 bits per heavy atom. The average Bonchev–Trinajstić information content (AvgIpc) is 2.97. The summed E-state index contributed by atoms with van der Waals surface area (Å²) >= 11 is 0. The van der Waals surface area contributed by atoms with Crippen LogP contribution in [0.15, 0.2) is 18.2 Å². The van der Waals surface area contributed by atoms with Gasteiger partial charge in [-0.2, -0.15) is 0 Å². The third-order valence-corrected chi connectivity index (χ3v) is 4.96. The maximum absolute atomic E-state index is 9.73. The van der Waals surface area contributed by atoms with Gasteiger partial charge in [0.1, 0.15) is 24.6 Å². The molecule has 0 spiro atoms. The zero-order valence-corrected chi connectivity index (χ0v) is 11.0. The van der Waals surface area contributed by atoms with E-state index in [0.29, 0.717) is 11.7 Å². The highest BCUT2D eigenvalue weighted by atomic mass is 16.5. The number of nitrogens with one attached hydrogen (secondary N) is 1. The van der Waals surface area contributed by atoms with Gasteiger partial charge < -0.3 is 14.6 Å². The summed E-state index contributed by atoms with van der Waals surface area (Å²) in [5.74, 6) is 1.76. The number of fused-ring (bicyclic) bond motifs is 3. The van der Waals surface area contributed by atoms with Crippen molar-refractivity contribution in [2.75, 3.05) is 26.3 Å². The number of phenolic OH excluding ortho intramolecular Hbond substituents is 1. The highest BCUT2D eigenvalue weighted by Gasteiger charge is 2.59. The molecule has 0 unspecified atom stereocenters. The summed E-state index contributed by atoms with van der Waals surface area (Å²) in [5, 5.41) is 9.73. The first-order chi connectivity index (χ1) is 9.29. The maximum Gasteiger partial charge on any atom is 0.248 e. The number of benzene rings is 1. The molecule has 4 nitrogen and oxygen atoms in total. The molecular weight excluding hydrogens is 242 g/mol. The van der Waals surface area contributed by atoms with Crippen molar-refractivity contribution < 1.29 is 19.5 Å². The number of hydrogen-bond acceptors (Lipinski definition) is 3. The molecule has 102 valence electrons. The molecule has 0 aromatic heterocycles. The Balaban J connectivity index is 1.73. The Bertz CT molecular complexity index is 498. The van der Waals surface area contributed by atoms with Crippen LogP contribution in [0, 0.1) is 0 Å². The number of rotatable bonds is 1. The minimum absolute atomic E-state index is 0.0973. The molecule has 2 aliphatic heterocycles. The van der Waals surface area contributed by atoms with Gasteiger partial charge in [0.05, 0.1) is 19.1 Å². The quantitative estimate of drug-likeness (QED) is 0.781. The molecule has 1 aliphatic carbocycles. The topological polar surface area (TPSA) is 43.1 Å². The highest BCUT2D eigenvalue weighted by molar-refractivity contribution is 5.47. The van der Waals surface area contributed by atoms with Gasteiger partial charge in [-0.1, -0.05) is 0 Å². The number of aromatic hydroxyl groups is 1. The second-order valence-corrected chi connectivity index (χ2v) is 5.87. The minimum Gasteiger partial charge on any atom is -0.508 e. The lowest BCUT2D eigenvalue weighted by Crippen LogP contribution is -3.23. The predicted molar refractivity (Wildman–Crippen MR) is 69.6 cm³/mol.